The Kier molecular flexibility index (Phi) is 6.16. The third-order valence-electron chi connectivity index (χ3n) is 3.30. The van der Waals surface area contributed by atoms with Gasteiger partial charge in [0, 0.05) is 5.56 Å². The molecule has 0 aliphatic heterocycles. The van der Waals surface area contributed by atoms with E-state index in [0.29, 0.717) is 18.1 Å². The molecule has 26 heavy (non-hydrogen) atoms. The van der Waals surface area contributed by atoms with E-state index in [4.69, 9.17) is 14.7 Å². The van der Waals surface area contributed by atoms with Crippen molar-refractivity contribution in [2.75, 3.05) is 13.7 Å². The Labute approximate surface area is 151 Å². The minimum atomic E-state index is -4.02. The van der Waals surface area contributed by atoms with Crippen molar-refractivity contribution in [3.63, 3.8) is 0 Å². The first kappa shape index (κ1) is 19.2. The number of rotatable bonds is 7. The number of methoxy groups -OCH3 is 1. The highest BCUT2D eigenvalue weighted by molar-refractivity contribution is 7.89. The van der Waals surface area contributed by atoms with Gasteiger partial charge in [-0.05, 0) is 43.3 Å². The number of ether oxygens (including phenoxy) is 2. The zero-order chi connectivity index (χ0) is 19.2. The van der Waals surface area contributed by atoms with Crippen molar-refractivity contribution in [2.24, 2.45) is 0 Å². The normalized spacial score (nSPS) is 10.7. The van der Waals surface area contributed by atoms with Crippen molar-refractivity contribution in [1.29, 1.82) is 5.26 Å². The molecule has 1 amide bonds. The topological polar surface area (TPSA) is 118 Å². The molecule has 0 aliphatic rings. The Balaban J connectivity index is 2.13. The molecule has 0 aliphatic carbocycles. The maximum Gasteiger partial charge on any atom is 0.266 e. The van der Waals surface area contributed by atoms with Gasteiger partial charge in [0.15, 0.2) is 11.5 Å². The summed E-state index contributed by atoms with van der Waals surface area (Å²) in [5.41, 5.74) is 2.49. The fourth-order valence-corrected chi connectivity index (χ4v) is 2.95. The molecular formula is C17H17N3O5S. The fourth-order valence-electron chi connectivity index (χ4n) is 2.06. The molecule has 2 rings (SSSR count). The molecule has 0 saturated heterocycles. The standard InChI is InChI=1S/C17H17N3O5S/c1-3-25-15-8-7-13(10-16(15)24-2)17(21)19-20-26(22,23)14-6-4-5-12(9-14)11-18/h4-10,20H,3H2,1-2H3,(H,19,21). The van der Waals surface area contributed by atoms with Crippen molar-refractivity contribution in [3.05, 3.63) is 53.6 Å². The van der Waals surface area contributed by atoms with Crippen LogP contribution in [0.25, 0.3) is 0 Å². The third-order valence-corrected chi connectivity index (χ3v) is 4.54. The highest BCUT2D eigenvalue weighted by atomic mass is 32.2. The Morgan fingerprint density at radius 3 is 2.62 bits per heavy atom. The number of hydrogen-bond acceptors (Lipinski definition) is 6. The van der Waals surface area contributed by atoms with Gasteiger partial charge in [0.05, 0.1) is 30.2 Å². The summed E-state index contributed by atoms with van der Waals surface area (Å²) in [6, 6.07) is 11.8. The van der Waals surface area contributed by atoms with Crippen LogP contribution >= 0.6 is 0 Å². The van der Waals surface area contributed by atoms with Gasteiger partial charge in [0.25, 0.3) is 15.9 Å². The summed E-state index contributed by atoms with van der Waals surface area (Å²) >= 11 is 0. The van der Waals surface area contributed by atoms with Crippen LogP contribution in [0.2, 0.25) is 0 Å². The number of benzene rings is 2. The zero-order valence-electron chi connectivity index (χ0n) is 14.1. The average molecular weight is 375 g/mol. The second-order valence-corrected chi connectivity index (χ2v) is 6.68. The molecule has 8 nitrogen and oxygen atoms in total. The van der Waals surface area contributed by atoms with Crippen molar-refractivity contribution in [2.45, 2.75) is 11.8 Å². The lowest BCUT2D eigenvalue weighted by atomic mass is 10.2. The Bertz CT molecular complexity index is 951. The van der Waals surface area contributed by atoms with Crippen LogP contribution < -0.4 is 19.7 Å². The zero-order valence-corrected chi connectivity index (χ0v) is 15.0. The quantitative estimate of drug-likeness (QED) is 0.710. The molecule has 2 aromatic carbocycles. The van der Waals surface area contributed by atoms with Gasteiger partial charge in [0.2, 0.25) is 0 Å². The summed E-state index contributed by atoms with van der Waals surface area (Å²) in [6.07, 6.45) is 0. The van der Waals surface area contributed by atoms with Gasteiger partial charge in [-0.25, -0.2) is 8.42 Å². The molecule has 0 saturated carbocycles. The van der Waals surface area contributed by atoms with E-state index in [1.165, 1.54) is 43.5 Å². The molecular weight excluding hydrogens is 358 g/mol. The molecule has 9 heteroatoms. The molecule has 0 unspecified atom stereocenters. The molecule has 0 fully saturated rings. The number of carbonyl (C=O) groups excluding carboxylic acids is 1. The van der Waals surface area contributed by atoms with Crippen LogP contribution in [-0.2, 0) is 10.0 Å². The largest absolute Gasteiger partial charge is 0.493 e. The molecule has 0 spiro atoms. The maximum atomic E-state index is 12.2. The monoisotopic (exact) mass is 375 g/mol. The van der Waals surface area contributed by atoms with Gasteiger partial charge in [0.1, 0.15) is 0 Å². The van der Waals surface area contributed by atoms with Crippen LogP contribution in [0.1, 0.15) is 22.8 Å². The van der Waals surface area contributed by atoms with Crippen molar-refractivity contribution in [1.82, 2.24) is 10.3 Å². The predicted octanol–water partition coefficient (Wildman–Crippen LogP) is 1.59. The summed E-state index contributed by atoms with van der Waals surface area (Å²) in [7, 11) is -2.58. The fraction of sp³-hybridized carbons (Fsp3) is 0.176. The summed E-state index contributed by atoms with van der Waals surface area (Å²) < 4.78 is 35.0. The Morgan fingerprint density at radius 2 is 1.96 bits per heavy atom. The predicted molar refractivity (Wildman–Crippen MR) is 93.1 cm³/mol. The van der Waals surface area contributed by atoms with E-state index in [1.54, 1.807) is 6.07 Å². The van der Waals surface area contributed by atoms with Gasteiger partial charge < -0.3 is 9.47 Å². The second kappa shape index (κ2) is 8.33. The summed E-state index contributed by atoms with van der Waals surface area (Å²) in [4.78, 5) is 14.1. The van der Waals surface area contributed by atoms with Crippen molar-refractivity contribution < 1.29 is 22.7 Å². The first-order valence-electron chi connectivity index (χ1n) is 7.54. The molecule has 0 radical (unpaired) electrons. The summed E-state index contributed by atoms with van der Waals surface area (Å²) in [5, 5.41) is 8.85. The SMILES string of the molecule is CCOc1ccc(C(=O)NNS(=O)(=O)c2cccc(C#N)c2)cc1OC. The van der Waals surface area contributed by atoms with Crippen LogP contribution in [0.15, 0.2) is 47.4 Å². The van der Waals surface area contributed by atoms with Crippen LogP contribution in [-0.4, -0.2) is 28.0 Å². The smallest absolute Gasteiger partial charge is 0.266 e. The van der Waals surface area contributed by atoms with E-state index in [9.17, 15) is 13.2 Å². The summed E-state index contributed by atoms with van der Waals surface area (Å²) in [6.45, 7) is 2.25. The first-order valence-corrected chi connectivity index (χ1v) is 9.02. The third kappa shape index (κ3) is 4.50. The molecule has 2 N–H and O–H groups in total. The van der Waals surface area contributed by atoms with Gasteiger partial charge in [-0.1, -0.05) is 6.07 Å². The maximum absolute atomic E-state index is 12.2. The van der Waals surface area contributed by atoms with E-state index in [0.717, 1.165) is 0 Å². The van der Waals surface area contributed by atoms with Crippen LogP contribution in [0.5, 0.6) is 11.5 Å². The number of amides is 1. The lowest BCUT2D eigenvalue weighted by Gasteiger charge is -2.12. The van der Waals surface area contributed by atoms with E-state index >= 15 is 0 Å². The first-order chi connectivity index (χ1) is 12.4. The minimum absolute atomic E-state index is 0.138. The molecule has 2 aromatic rings. The average Bonchev–Trinajstić information content (AvgIpc) is 2.66. The number of carbonyl (C=O) groups is 1. The minimum Gasteiger partial charge on any atom is -0.493 e. The molecule has 136 valence electrons. The van der Waals surface area contributed by atoms with E-state index < -0.39 is 15.9 Å². The second-order valence-electron chi connectivity index (χ2n) is 5.00. The number of hydrogen-bond donors (Lipinski definition) is 2. The summed E-state index contributed by atoms with van der Waals surface area (Å²) in [5.74, 6) is 0.149. The number of nitriles is 1. The van der Waals surface area contributed by atoms with Gasteiger partial charge in [-0.2, -0.15) is 5.26 Å². The van der Waals surface area contributed by atoms with Gasteiger partial charge in [-0.15, -0.1) is 4.83 Å². The van der Waals surface area contributed by atoms with Crippen LogP contribution in [0, 0.1) is 11.3 Å². The highest BCUT2D eigenvalue weighted by Gasteiger charge is 2.17. The molecule has 0 aromatic heterocycles. The number of nitrogens with one attached hydrogen (secondary N) is 2. The van der Waals surface area contributed by atoms with Crippen LogP contribution in [0.3, 0.4) is 0 Å². The number of hydrazine groups is 1. The number of nitrogens with zero attached hydrogens (tertiary/aromatic N) is 1. The Morgan fingerprint density at radius 1 is 1.19 bits per heavy atom. The van der Waals surface area contributed by atoms with Gasteiger partial charge >= 0.3 is 0 Å². The van der Waals surface area contributed by atoms with Crippen molar-refractivity contribution in [3.8, 4) is 17.6 Å². The lowest BCUT2D eigenvalue weighted by Crippen LogP contribution is -2.41. The number of sulfonamides is 1. The van der Waals surface area contributed by atoms with E-state index in [-0.39, 0.29) is 16.0 Å². The van der Waals surface area contributed by atoms with E-state index in [2.05, 4.69) is 5.43 Å². The lowest BCUT2D eigenvalue weighted by molar-refractivity contribution is 0.0944. The highest BCUT2D eigenvalue weighted by Crippen LogP contribution is 2.27. The van der Waals surface area contributed by atoms with Gasteiger partial charge in [-0.3, -0.25) is 10.2 Å². The van der Waals surface area contributed by atoms with Crippen molar-refractivity contribution >= 4 is 15.9 Å². The van der Waals surface area contributed by atoms with E-state index in [1.807, 2.05) is 17.8 Å². The molecule has 0 heterocycles. The molecule has 0 bridgehead atoms. The van der Waals surface area contributed by atoms with Crippen LogP contribution in [0.4, 0.5) is 0 Å². The Hall–Kier alpha value is -3.09. The molecule has 0 atom stereocenters.